The third-order valence-corrected chi connectivity index (χ3v) is 5.09. The topological polar surface area (TPSA) is 32.3 Å². The number of hydrogen-bond donors (Lipinski definition) is 1. The van der Waals surface area contributed by atoms with Crippen molar-refractivity contribution in [1.82, 2.24) is 10.2 Å². The normalized spacial score (nSPS) is 15.9. The Balaban J connectivity index is 1.72. The molecule has 2 aromatic carbocycles. The number of carbonyl (C=O) groups excluding carboxylic acids is 1. The molecule has 0 unspecified atom stereocenters. The number of nitrogens with zero attached hydrogens (tertiary/aromatic N) is 1. The van der Waals surface area contributed by atoms with Gasteiger partial charge in [0.1, 0.15) is 0 Å². The number of carbonyl (C=O) groups is 1. The molecule has 3 nitrogen and oxygen atoms in total. The molecule has 1 heterocycles. The standard InChI is InChI=1S/C22H28N2O/c1-3-18-9-11-19(12-10-18)21(24-13-4-5-14-24)16-23-22(25)20-8-6-7-17(2)15-20/h6-12,15,21H,3-5,13-14,16H2,1-2H3,(H,23,25)/t21-/m1/s1. The molecule has 0 aromatic heterocycles. The molecule has 0 saturated carbocycles. The van der Waals surface area contributed by atoms with Crippen molar-refractivity contribution < 1.29 is 4.79 Å². The van der Waals surface area contributed by atoms with E-state index in [9.17, 15) is 4.79 Å². The summed E-state index contributed by atoms with van der Waals surface area (Å²) in [5.74, 6) is 0.0121. The number of likely N-dealkylation sites (tertiary alicyclic amines) is 1. The van der Waals surface area contributed by atoms with Gasteiger partial charge in [-0.05, 0) is 62.5 Å². The van der Waals surface area contributed by atoms with E-state index in [-0.39, 0.29) is 11.9 Å². The Kier molecular flexibility index (Phi) is 5.87. The Morgan fingerprint density at radius 1 is 1.12 bits per heavy atom. The van der Waals surface area contributed by atoms with Crippen molar-refractivity contribution in [3.8, 4) is 0 Å². The molecule has 3 rings (SSSR count). The Bertz CT molecular complexity index is 702. The molecule has 1 atom stereocenters. The molecular formula is C22H28N2O. The summed E-state index contributed by atoms with van der Waals surface area (Å²) in [6.45, 7) is 7.06. The Labute approximate surface area is 151 Å². The quantitative estimate of drug-likeness (QED) is 0.860. The third-order valence-electron chi connectivity index (χ3n) is 5.09. The summed E-state index contributed by atoms with van der Waals surface area (Å²) in [6, 6.07) is 16.9. The fourth-order valence-corrected chi connectivity index (χ4v) is 3.56. The molecule has 1 amide bonds. The van der Waals surface area contributed by atoms with Gasteiger partial charge in [0.2, 0.25) is 0 Å². The summed E-state index contributed by atoms with van der Waals surface area (Å²) in [5.41, 5.74) is 4.50. The van der Waals surface area contributed by atoms with Crippen molar-refractivity contribution in [2.24, 2.45) is 0 Å². The van der Waals surface area contributed by atoms with Crippen LogP contribution >= 0.6 is 0 Å². The minimum atomic E-state index is 0.0121. The van der Waals surface area contributed by atoms with Gasteiger partial charge in [0, 0.05) is 12.1 Å². The number of benzene rings is 2. The van der Waals surface area contributed by atoms with Crippen molar-refractivity contribution >= 4 is 5.91 Å². The van der Waals surface area contributed by atoms with E-state index < -0.39 is 0 Å². The largest absolute Gasteiger partial charge is 0.350 e. The van der Waals surface area contributed by atoms with Crippen LogP contribution in [0.15, 0.2) is 48.5 Å². The van der Waals surface area contributed by atoms with Gasteiger partial charge in [-0.2, -0.15) is 0 Å². The van der Waals surface area contributed by atoms with Crippen LogP contribution in [0.3, 0.4) is 0 Å². The summed E-state index contributed by atoms with van der Waals surface area (Å²) in [4.78, 5) is 15.0. The second-order valence-electron chi connectivity index (χ2n) is 6.93. The number of aryl methyl sites for hydroxylation is 2. The molecule has 0 bridgehead atoms. The van der Waals surface area contributed by atoms with Crippen LogP contribution in [0.4, 0.5) is 0 Å². The van der Waals surface area contributed by atoms with Crippen molar-refractivity contribution in [3.05, 3.63) is 70.8 Å². The molecule has 1 saturated heterocycles. The van der Waals surface area contributed by atoms with E-state index in [0.29, 0.717) is 6.54 Å². The molecule has 132 valence electrons. The van der Waals surface area contributed by atoms with E-state index in [1.54, 1.807) is 0 Å². The number of hydrogen-bond acceptors (Lipinski definition) is 2. The first kappa shape index (κ1) is 17.7. The maximum atomic E-state index is 12.5. The van der Waals surface area contributed by atoms with Gasteiger partial charge < -0.3 is 5.32 Å². The molecule has 3 heteroatoms. The zero-order valence-electron chi connectivity index (χ0n) is 15.3. The number of rotatable bonds is 6. The fraction of sp³-hybridized carbons (Fsp3) is 0.409. The Morgan fingerprint density at radius 3 is 2.48 bits per heavy atom. The van der Waals surface area contributed by atoms with Crippen molar-refractivity contribution in [2.75, 3.05) is 19.6 Å². The van der Waals surface area contributed by atoms with Gasteiger partial charge in [-0.15, -0.1) is 0 Å². The highest BCUT2D eigenvalue weighted by Gasteiger charge is 2.24. The highest BCUT2D eigenvalue weighted by Crippen LogP contribution is 2.25. The minimum Gasteiger partial charge on any atom is -0.350 e. The van der Waals surface area contributed by atoms with E-state index in [2.05, 4.69) is 41.4 Å². The lowest BCUT2D eigenvalue weighted by Crippen LogP contribution is -2.36. The fourth-order valence-electron chi connectivity index (χ4n) is 3.56. The van der Waals surface area contributed by atoms with Crippen LogP contribution in [0.2, 0.25) is 0 Å². The lowest BCUT2D eigenvalue weighted by atomic mass is 10.0. The Morgan fingerprint density at radius 2 is 1.84 bits per heavy atom. The molecule has 1 aliphatic rings. The van der Waals surface area contributed by atoms with Crippen LogP contribution in [0, 0.1) is 6.92 Å². The van der Waals surface area contributed by atoms with Crippen LogP contribution in [-0.4, -0.2) is 30.4 Å². The maximum Gasteiger partial charge on any atom is 0.251 e. The molecule has 1 aliphatic heterocycles. The third kappa shape index (κ3) is 4.49. The van der Waals surface area contributed by atoms with Crippen LogP contribution in [0.5, 0.6) is 0 Å². The highest BCUT2D eigenvalue weighted by atomic mass is 16.1. The van der Waals surface area contributed by atoms with E-state index in [0.717, 1.165) is 30.6 Å². The molecule has 0 spiro atoms. The first-order valence-corrected chi connectivity index (χ1v) is 9.35. The first-order valence-electron chi connectivity index (χ1n) is 9.35. The highest BCUT2D eigenvalue weighted by molar-refractivity contribution is 5.94. The van der Waals surface area contributed by atoms with Crippen molar-refractivity contribution in [3.63, 3.8) is 0 Å². The van der Waals surface area contributed by atoms with Crippen molar-refractivity contribution in [2.45, 2.75) is 39.2 Å². The lowest BCUT2D eigenvalue weighted by molar-refractivity contribution is 0.0938. The SMILES string of the molecule is CCc1ccc([C@@H](CNC(=O)c2cccc(C)c2)N2CCCC2)cc1. The van der Waals surface area contributed by atoms with E-state index in [1.165, 1.54) is 24.0 Å². The summed E-state index contributed by atoms with van der Waals surface area (Å²) < 4.78 is 0. The van der Waals surface area contributed by atoms with Gasteiger partial charge in [-0.25, -0.2) is 0 Å². The number of amides is 1. The summed E-state index contributed by atoms with van der Waals surface area (Å²) >= 11 is 0. The van der Waals surface area contributed by atoms with Gasteiger partial charge in [0.25, 0.3) is 5.91 Å². The van der Waals surface area contributed by atoms with Gasteiger partial charge in [0.15, 0.2) is 0 Å². The monoisotopic (exact) mass is 336 g/mol. The Hall–Kier alpha value is -2.13. The zero-order chi connectivity index (χ0) is 17.6. The average molecular weight is 336 g/mol. The predicted molar refractivity (Wildman–Crippen MR) is 103 cm³/mol. The molecule has 0 aliphatic carbocycles. The molecular weight excluding hydrogens is 308 g/mol. The van der Waals surface area contributed by atoms with Crippen LogP contribution in [0.1, 0.15) is 52.9 Å². The second kappa shape index (κ2) is 8.30. The zero-order valence-corrected chi connectivity index (χ0v) is 15.3. The summed E-state index contributed by atoms with van der Waals surface area (Å²) in [7, 11) is 0. The average Bonchev–Trinajstić information content (AvgIpc) is 3.16. The minimum absolute atomic E-state index is 0.0121. The van der Waals surface area contributed by atoms with Crippen LogP contribution < -0.4 is 5.32 Å². The summed E-state index contributed by atoms with van der Waals surface area (Å²) in [6.07, 6.45) is 3.55. The number of nitrogens with one attached hydrogen (secondary N) is 1. The van der Waals surface area contributed by atoms with E-state index in [4.69, 9.17) is 0 Å². The summed E-state index contributed by atoms with van der Waals surface area (Å²) in [5, 5.41) is 3.15. The van der Waals surface area contributed by atoms with Gasteiger partial charge in [-0.1, -0.05) is 48.9 Å². The molecule has 1 fully saturated rings. The van der Waals surface area contributed by atoms with E-state index in [1.807, 2.05) is 31.2 Å². The van der Waals surface area contributed by atoms with Crippen LogP contribution in [-0.2, 0) is 6.42 Å². The van der Waals surface area contributed by atoms with E-state index >= 15 is 0 Å². The van der Waals surface area contributed by atoms with Crippen LogP contribution in [0.25, 0.3) is 0 Å². The van der Waals surface area contributed by atoms with Gasteiger partial charge >= 0.3 is 0 Å². The first-order chi connectivity index (χ1) is 12.2. The maximum absolute atomic E-state index is 12.5. The molecule has 25 heavy (non-hydrogen) atoms. The molecule has 2 aromatic rings. The second-order valence-corrected chi connectivity index (χ2v) is 6.93. The lowest BCUT2D eigenvalue weighted by Gasteiger charge is -2.28. The van der Waals surface area contributed by atoms with Gasteiger partial charge in [0.05, 0.1) is 6.04 Å². The predicted octanol–water partition coefficient (Wildman–Crippen LogP) is 4.12. The van der Waals surface area contributed by atoms with Gasteiger partial charge in [-0.3, -0.25) is 9.69 Å². The van der Waals surface area contributed by atoms with Crippen molar-refractivity contribution in [1.29, 1.82) is 0 Å². The molecule has 1 N–H and O–H groups in total. The smallest absolute Gasteiger partial charge is 0.251 e. The molecule has 0 radical (unpaired) electrons.